The number of aromatic nitrogens is 1. The molecule has 5 nitrogen and oxygen atoms in total. The van der Waals surface area contributed by atoms with Crippen LogP contribution in [0.25, 0.3) is 0 Å². The molecule has 0 bridgehead atoms. The molecule has 0 saturated carbocycles. The summed E-state index contributed by atoms with van der Waals surface area (Å²) >= 11 is 3.21. The number of carbonyl (C=O) groups is 2. The van der Waals surface area contributed by atoms with Crippen LogP contribution in [-0.4, -0.2) is 17.0 Å². The van der Waals surface area contributed by atoms with Gasteiger partial charge in [0.15, 0.2) is 12.4 Å². The molecular formula is C14H12BrN2O3+. The van der Waals surface area contributed by atoms with Crippen molar-refractivity contribution in [2.24, 2.45) is 0 Å². The van der Waals surface area contributed by atoms with Gasteiger partial charge in [-0.25, -0.2) is 8.72 Å². The first-order valence-corrected chi connectivity index (χ1v) is 6.55. The molecule has 1 N–H and O–H groups in total. The molecule has 102 valence electrons. The number of pyridine rings is 1. The number of para-hydroxylation sites is 1. The van der Waals surface area contributed by atoms with E-state index in [0.29, 0.717) is 5.69 Å². The Hall–Kier alpha value is -2.21. The minimum atomic E-state index is -1.02. The van der Waals surface area contributed by atoms with Gasteiger partial charge < -0.3 is 5.11 Å². The van der Waals surface area contributed by atoms with Gasteiger partial charge in [-0.15, -0.1) is 0 Å². The average Bonchev–Trinajstić information content (AvgIpc) is 2.47. The molecule has 20 heavy (non-hydrogen) atoms. The Kier molecular flexibility index (Phi) is 4.47. The summed E-state index contributed by atoms with van der Waals surface area (Å²) in [6.45, 7) is 0.0429. The molecule has 0 atom stereocenters. The summed E-state index contributed by atoms with van der Waals surface area (Å²) < 4.78 is 2.89. The van der Waals surface area contributed by atoms with E-state index in [1.807, 2.05) is 18.2 Å². The number of carboxylic acids is 1. The lowest BCUT2D eigenvalue weighted by atomic mass is 10.3. The first-order valence-electron chi connectivity index (χ1n) is 5.84. The van der Waals surface area contributed by atoms with E-state index in [-0.39, 0.29) is 18.0 Å². The number of rotatable bonds is 4. The molecule has 2 rings (SSSR count). The second-order valence-corrected chi connectivity index (χ2v) is 4.79. The van der Waals surface area contributed by atoms with Crippen LogP contribution in [-0.2, 0) is 11.3 Å². The fourth-order valence-corrected chi connectivity index (χ4v) is 2.02. The number of nitrogens with zero attached hydrogens (tertiary/aromatic N) is 2. The largest absolute Gasteiger partial charge is 0.477 e. The number of hydrogen-bond acceptors (Lipinski definition) is 2. The summed E-state index contributed by atoms with van der Waals surface area (Å²) in [4.78, 5) is 23.0. The highest BCUT2D eigenvalue weighted by molar-refractivity contribution is 9.10. The van der Waals surface area contributed by atoms with Gasteiger partial charge in [-0.3, -0.25) is 4.79 Å². The lowest BCUT2D eigenvalue weighted by Crippen LogP contribution is -2.42. The van der Waals surface area contributed by atoms with Crippen molar-refractivity contribution in [3.63, 3.8) is 0 Å². The van der Waals surface area contributed by atoms with Crippen LogP contribution in [0.2, 0.25) is 0 Å². The van der Waals surface area contributed by atoms with Crippen LogP contribution in [0.5, 0.6) is 0 Å². The van der Waals surface area contributed by atoms with Crippen molar-refractivity contribution in [3.05, 3.63) is 60.4 Å². The monoisotopic (exact) mass is 335 g/mol. The second-order valence-electron chi connectivity index (χ2n) is 4.08. The van der Waals surface area contributed by atoms with Gasteiger partial charge in [0.2, 0.25) is 6.54 Å². The summed E-state index contributed by atoms with van der Waals surface area (Å²) in [5.74, 6) is -1.23. The van der Waals surface area contributed by atoms with Crippen molar-refractivity contribution >= 4 is 33.7 Å². The topological polar surface area (TPSA) is 61.5 Å². The first kappa shape index (κ1) is 14.2. The Labute approximate surface area is 124 Å². The average molecular weight is 336 g/mol. The smallest absolute Gasteiger partial charge is 0.341 e. The SMILES string of the molecule is O=C(O)c1ccc[n+](CC(=O)N(Br)c2ccccc2)c1. The number of benzene rings is 1. The van der Waals surface area contributed by atoms with E-state index >= 15 is 0 Å². The van der Waals surface area contributed by atoms with Gasteiger partial charge >= 0.3 is 11.9 Å². The van der Waals surface area contributed by atoms with Gasteiger partial charge in [-0.1, -0.05) is 18.2 Å². The molecule has 2 aromatic rings. The van der Waals surface area contributed by atoms with Crippen molar-refractivity contribution in [1.29, 1.82) is 0 Å². The predicted molar refractivity (Wildman–Crippen MR) is 76.5 cm³/mol. The van der Waals surface area contributed by atoms with Crippen molar-refractivity contribution in [1.82, 2.24) is 0 Å². The molecule has 0 fully saturated rings. The van der Waals surface area contributed by atoms with E-state index in [4.69, 9.17) is 5.11 Å². The van der Waals surface area contributed by atoms with Crippen LogP contribution >= 0.6 is 16.1 Å². The second kappa shape index (κ2) is 6.29. The normalized spacial score (nSPS) is 10.1. The van der Waals surface area contributed by atoms with Crippen LogP contribution in [0.1, 0.15) is 10.4 Å². The highest BCUT2D eigenvalue weighted by Gasteiger charge is 2.18. The fraction of sp³-hybridized carbons (Fsp3) is 0.0714. The standard InChI is InChI=1S/C14H11BrN2O3/c15-17(12-6-2-1-3-7-12)13(18)10-16-8-4-5-11(9-16)14(19)20/h1-9H,10H2/p+1. The molecule has 0 aliphatic rings. The number of halogens is 1. The summed E-state index contributed by atoms with van der Waals surface area (Å²) in [6.07, 6.45) is 3.07. The molecule has 1 heterocycles. The highest BCUT2D eigenvalue weighted by Crippen LogP contribution is 2.17. The minimum Gasteiger partial charge on any atom is -0.477 e. The van der Waals surface area contributed by atoms with Crippen LogP contribution in [0, 0.1) is 0 Å². The third kappa shape index (κ3) is 3.42. The molecule has 0 saturated heterocycles. The van der Waals surface area contributed by atoms with Crippen molar-refractivity contribution in [2.75, 3.05) is 3.93 Å². The summed E-state index contributed by atoms with van der Waals surface area (Å²) in [6, 6.07) is 12.2. The van der Waals surface area contributed by atoms with Crippen LogP contribution in [0.4, 0.5) is 5.69 Å². The number of anilines is 1. The Morgan fingerprint density at radius 2 is 1.85 bits per heavy atom. The Morgan fingerprint density at radius 1 is 1.15 bits per heavy atom. The van der Waals surface area contributed by atoms with Crippen LogP contribution in [0.15, 0.2) is 54.9 Å². The van der Waals surface area contributed by atoms with E-state index in [2.05, 4.69) is 16.1 Å². The molecule has 6 heteroatoms. The van der Waals surface area contributed by atoms with E-state index < -0.39 is 5.97 Å². The Balaban J connectivity index is 2.12. The number of hydrogen-bond donors (Lipinski definition) is 1. The summed E-state index contributed by atoms with van der Waals surface area (Å²) in [7, 11) is 0. The molecule has 1 aromatic heterocycles. The highest BCUT2D eigenvalue weighted by atomic mass is 79.9. The quantitative estimate of drug-likeness (QED) is 0.686. The lowest BCUT2D eigenvalue weighted by Gasteiger charge is -2.12. The number of amides is 1. The molecule has 0 spiro atoms. The maximum atomic E-state index is 12.1. The zero-order valence-electron chi connectivity index (χ0n) is 10.4. The van der Waals surface area contributed by atoms with Crippen LogP contribution in [0.3, 0.4) is 0 Å². The zero-order chi connectivity index (χ0) is 14.5. The Bertz CT molecular complexity index is 631. The van der Waals surface area contributed by atoms with Crippen molar-refractivity contribution < 1.29 is 19.3 Å². The van der Waals surface area contributed by atoms with Crippen molar-refractivity contribution in [2.45, 2.75) is 6.54 Å². The minimum absolute atomic E-state index is 0.0429. The molecule has 0 unspecified atom stereocenters. The molecule has 0 aliphatic carbocycles. The molecule has 0 radical (unpaired) electrons. The fourth-order valence-electron chi connectivity index (χ4n) is 1.67. The van der Waals surface area contributed by atoms with Crippen LogP contribution < -0.4 is 8.49 Å². The van der Waals surface area contributed by atoms with Gasteiger partial charge in [0.1, 0.15) is 5.56 Å². The van der Waals surface area contributed by atoms with E-state index in [1.165, 1.54) is 20.8 Å². The van der Waals surface area contributed by atoms with E-state index in [0.717, 1.165) is 0 Å². The van der Waals surface area contributed by atoms with Crippen molar-refractivity contribution in [3.8, 4) is 0 Å². The van der Waals surface area contributed by atoms with E-state index in [1.54, 1.807) is 24.4 Å². The molecular weight excluding hydrogens is 324 g/mol. The molecule has 1 amide bonds. The van der Waals surface area contributed by atoms with Gasteiger partial charge in [-0.05, 0) is 18.2 Å². The van der Waals surface area contributed by atoms with Gasteiger partial charge in [-0.2, -0.15) is 4.57 Å². The maximum absolute atomic E-state index is 12.1. The predicted octanol–water partition coefficient (Wildman–Crippen LogP) is 2.02. The number of carboxylic acid groups (broad SMARTS) is 1. The number of aromatic carboxylic acids is 1. The Morgan fingerprint density at radius 3 is 2.50 bits per heavy atom. The maximum Gasteiger partial charge on any atom is 0.341 e. The summed E-state index contributed by atoms with van der Waals surface area (Å²) in [5, 5.41) is 8.91. The van der Waals surface area contributed by atoms with Gasteiger partial charge in [0.25, 0.3) is 0 Å². The van der Waals surface area contributed by atoms with Gasteiger partial charge in [0, 0.05) is 6.07 Å². The number of carbonyl (C=O) groups excluding carboxylic acids is 1. The molecule has 0 aliphatic heterocycles. The zero-order valence-corrected chi connectivity index (χ0v) is 12.0. The third-order valence-electron chi connectivity index (χ3n) is 2.62. The lowest BCUT2D eigenvalue weighted by molar-refractivity contribution is -0.684. The molecule has 1 aromatic carbocycles. The van der Waals surface area contributed by atoms with Gasteiger partial charge in [0.05, 0.1) is 21.8 Å². The first-order chi connectivity index (χ1) is 9.58. The van der Waals surface area contributed by atoms with E-state index in [9.17, 15) is 9.59 Å². The summed E-state index contributed by atoms with van der Waals surface area (Å²) in [5.41, 5.74) is 0.855. The third-order valence-corrected chi connectivity index (χ3v) is 3.43.